The molecule has 0 unspecified atom stereocenters. The van der Waals surface area contributed by atoms with Crippen LogP contribution in [0.1, 0.15) is 45.2 Å². The van der Waals surface area contributed by atoms with Crippen molar-refractivity contribution in [3.8, 4) is 11.5 Å². The van der Waals surface area contributed by atoms with Crippen molar-refractivity contribution < 1.29 is 19.0 Å². The van der Waals surface area contributed by atoms with Crippen LogP contribution in [0.25, 0.3) is 0 Å². The van der Waals surface area contributed by atoms with Crippen LogP contribution < -0.4 is 9.47 Å². The summed E-state index contributed by atoms with van der Waals surface area (Å²) in [5.41, 5.74) is 2.06. The molecule has 0 saturated carbocycles. The number of benzene rings is 2. The molecule has 164 valence electrons. The number of ether oxygens (including phenoxy) is 3. The zero-order valence-corrected chi connectivity index (χ0v) is 21.6. The Labute approximate surface area is 200 Å². The molecule has 0 bridgehead atoms. The van der Waals surface area contributed by atoms with E-state index in [2.05, 4.69) is 64.8 Å². The number of hydrogen-bond donors (Lipinski definition) is 0. The monoisotopic (exact) mass is 560 g/mol. The molecule has 0 aliphatic carbocycles. The Morgan fingerprint density at radius 1 is 1.07 bits per heavy atom. The first kappa shape index (κ1) is 25.0. The molecule has 0 aliphatic rings. The number of carbonyl (C=O) groups excluding carboxylic acids is 1. The van der Waals surface area contributed by atoms with Gasteiger partial charge in [0.25, 0.3) is 0 Å². The van der Waals surface area contributed by atoms with E-state index in [4.69, 9.17) is 25.8 Å². The summed E-state index contributed by atoms with van der Waals surface area (Å²) in [6.45, 7) is 8.67. The minimum absolute atomic E-state index is 0.165. The van der Waals surface area contributed by atoms with Gasteiger partial charge in [0.05, 0.1) is 21.4 Å². The van der Waals surface area contributed by atoms with Gasteiger partial charge in [-0.05, 0) is 73.7 Å². The van der Waals surface area contributed by atoms with Crippen LogP contribution in [0.2, 0.25) is 0 Å². The molecule has 2 rings (SSSR count). The fraction of sp³-hybridized carbons (Fsp3) is 0.435. The molecule has 0 saturated heterocycles. The Morgan fingerprint density at radius 2 is 1.67 bits per heavy atom. The summed E-state index contributed by atoms with van der Waals surface area (Å²) in [5.74, 6) is 1.30. The van der Waals surface area contributed by atoms with Crippen LogP contribution in [0.15, 0.2) is 45.3 Å². The minimum Gasteiger partial charge on any atom is -0.494 e. The molecule has 0 aliphatic heterocycles. The van der Waals surface area contributed by atoms with E-state index in [1.165, 1.54) is 12.5 Å². The predicted molar refractivity (Wildman–Crippen MR) is 128 cm³/mol. The van der Waals surface area contributed by atoms with Gasteiger partial charge in [0.1, 0.15) is 24.2 Å². The normalized spacial score (nSPS) is 12.4. The largest absolute Gasteiger partial charge is 0.494 e. The molecule has 0 radical (unpaired) electrons. The van der Waals surface area contributed by atoms with Gasteiger partial charge in [-0.2, -0.15) is 0 Å². The number of rotatable bonds is 10. The second kappa shape index (κ2) is 11.4. The van der Waals surface area contributed by atoms with Crippen LogP contribution in [0.4, 0.5) is 0 Å². The molecule has 0 fully saturated rings. The Kier molecular flexibility index (Phi) is 9.51. The number of carbonyl (C=O) groups is 1. The lowest BCUT2D eigenvalue weighted by molar-refractivity contribution is -0.146. The zero-order chi connectivity index (χ0) is 22.3. The van der Waals surface area contributed by atoms with Crippen molar-refractivity contribution in [2.75, 3.05) is 19.1 Å². The molecule has 0 aromatic heterocycles. The van der Waals surface area contributed by atoms with Gasteiger partial charge in [0.2, 0.25) is 0 Å². The molecular formula is C23H27Br2ClO4. The molecule has 2 aromatic rings. The average Bonchev–Trinajstić information content (AvgIpc) is 2.70. The summed E-state index contributed by atoms with van der Waals surface area (Å²) < 4.78 is 18.3. The van der Waals surface area contributed by atoms with Crippen LogP contribution in [-0.2, 0) is 14.9 Å². The van der Waals surface area contributed by atoms with E-state index in [0.29, 0.717) is 12.4 Å². The fourth-order valence-electron chi connectivity index (χ4n) is 2.93. The summed E-state index contributed by atoms with van der Waals surface area (Å²) in [6, 6.07) is 12.3. The van der Waals surface area contributed by atoms with E-state index in [9.17, 15) is 4.79 Å². The third kappa shape index (κ3) is 6.63. The zero-order valence-electron chi connectivity index (χ0n) is 17.6. The van der Waals surface area contributed by atoms with Gasteiger partial charge < -0.3 is 14.2 Å². The van der Waals surface area contributed by atoms with Crippen LogP contribution in [0.5, 0.6) is 11.5 Å². The van der Waals surface area contributed by atoms with Crippen LogP contribution in [0.3, 0.4) is 0 Å². The molecule has 30 heavy (non-hydrogen) atoms. The van der Waals surface area contributed by atoms with Gasteiger partial charge in [-0.25, -0.2) is 0 Å². The summed E-state index contributed by atoms with van der Waals surface area (Å²) >= 11 is 13.1. The van der Waals surface area contributed by atoms with Crippen molar-refractivity contribution in [3.05, 3.63) is 56.5 Å². The number of hydrogen-bond acceptors (Lipinski definition) is 4. The highest BCUT2D eigenvalue weighted by Crippen LogP contribution is 2.41. The maximum Gasteiger partial charge on any atom is 0.303 e. The summed E-state index contributed by atoms with van der Waals surface area (Å²) in [4.78, 5) is 11.2. The highest BCUT2D eigenvalue weighted by atomic mass is 79.9. The van der Waals surface area contributed by atoms with Gasteiger partial charge in [-0.1, -0.05) is 32.9 Å². The molecule has 0 spiro atoms. The van der Waals surface area contributed by atoms with Gasteiger partial charge in [0.15, 0.2) is 0 Å². The summed E-state index contributed by atoms with van der Waals surface area (Å²) in [5, 5.41) is 0. The van der Waals surface area contributed by atoms with Gasteiger partial charge >= 0.3 is 5.97 Å². The van der Waals surface area contributed by atoms with Crippen LogP contribution in [0, 0.1) is 0 Å². The molecule has 7 heteroatoms. The standard InChI is InChI=1S/C23H27Br2ClO4/c1-5-10-28-18-8-6-16(7-9-18)23(3,4)17-11-20(24)22(21(25)12-17)29-14-19(13-26)30-15(2)27/h6-9,11-12,19H,5,10,13-14H2,1-4H3/t19-/m0/s1. The van der Waals surface area contributed by atoms with E-state index in [1.54, 1.807) is 0 Å². The Bertz CT molecular complexity index is 830. The van der Waals surface area contributed by atoms with Crippen molar-refractivity contribution in [1.82, 2.24) is 0 Å². The van der Waals surface area contributed by atoms with Crippen molar-refractivity contribution in [1.29, 1.82) is 0 Å². The third-order valence-electron chi connectivity index (χ3n) is 4.69. The first-order valence-corrected chi connectivity index (χ1v) is 11.9. The quantitative estimate of drug-likeness (QED) is 0.234. The maximum absolute atomic E-state index is 11.2. The van der Waals surface area contributed by atoms with E-state index < -0.39 is 6.10 Å². The molecule has 1 atom stereocenters. The maximum atomic E-state index is 11.2. The lowest BCUT2D eigenvalue weighted by Crippen LogP contribution is -2.26. The predicted octanol–water partition coefficient (Wildman–Crippen LogP) is 6.88. The van der Waals surface area contributed by atoms with Crippen LogP contribution in [-0.4, -0.2) is 31.2 Å². The van der Waals surface area contributed by atoms with Crippen molar-refractivity contribution in [2.24, 2.45) is 0 Å². The van der Waals surface area contributed by atoms with E-state index >= 15 is 0 Å². The third-order valence-corrected chi connectivity index (χ3v) is 6.21. The van der Waals surface area contributed by atoms with E-state index in [1.807, 2.05) is 24.3 Å². The molecule has 0 amide bonds. The topological polar surface area (TPSA) is 44.8 Å². The lowest BCUT2D eigenvalue weighted by Gasteiger charge is -2.27. The van der Waals surface area contributed by atoms with E-state index in [-0.39, 0.29) is 23.9 Å². The number of halogens is 3. The van der Waals surface area contributed by atoms with Crippen molar-refractivity contribution in [2.45, 2.75) is 45.6 Å². The summed E-state index contributed by atoms with van der Waals surface area (Å²) in [7, 11) is 0. The number of alkyl halides is 1. The minimum atomic E-state index is -0.507. The fourth-order valence-corrected chi connectivity index (χ4v) is 4.50. The smallest absolute Gasteiger partial charge is 0.303 e. The van der Waals surface area contributed by atoms with Crippen LogP contribution >= 0.6 is 43.5 Å². The average molecular weight is 563 g/mol. The van der Waals surface area contributed by atoms with Gasteiger partial charge in [0, 0.05) is 12.3 Å². The molecule has 0 heterocycles. The molecule has 0 N–H and O–H groups in total. The van der Waals surface area contributed by atoms with Gasteiger partial charge in [-0.15, -0.1) is 11.6 Å². The lowest BCUT2D eigenvalue weighted by atomic mass is 9.78. The molecule has 4 nitrogen and oxygen atoms in total. The Hall–Kier alpha value is -1.24. The SMILES string of the molecule is CCCOc1ccc(C(C)(C)c2cc(Br)c(OC[C@H](CCl)OC(C)=O)c(Br)c2)cc1. The molecule has 2 aromatic carbocycles. The first-order chi connectivity index (χ1) is 14.2. The summed E-state index contributed by atoms with van der Waals surface area (Å²) in [6.07, 6.45) is 0.475. The second-order valence-electron chi connectivity index (χ2n) is 7.46. The van der Waals surface area contributed by atoms with Crippen molar-refractivity contribution in [3.63, 3.8) is 0 Å². The highest BCUT2D eigenvalue weighted by Gasteiger charge is 2.26. The Morgan fingerprint density at radius 3 is 2.17 bits per heavy atom. The highest BCUT2D eigenvalue weighted by molar-refractivity contribution is 9.11. The van der Waals surface area contributed by atoms with Crippen molar-refractivity contribution >= 4 is 49.4 Å². The second-order valence-corrected chi connectivity index (χ2v) is 9.48. The molecular weight excluding hydrogens is 536 g/mol. The Balaban J connectivity index is 2.20. The van der Waals surface area contributed by atoms with E-state index in [0.717, 1.165) is 26.7 Å². The van der Waals surface area contributed by atoms with Gasteiger partial charge in [-0.3, -0.25) is 4.79 Å². The number of esters is 1. The first-order valence-electron chi connectivity index (χ1n) is 9.77.